The maximum atomic E-state index is 13.9. The molecule has 3 aliphatic rings. The van der Waals surface area contributed by atoms with Crippen LogP contribution in [0.4, 0.5) is 13.2 Å². The molecule has 1 aromatic heterocycles. The van der Waals surface area contributed by atoms with Gasteiger partial charge in [0.05, 0.1) is 19.3 Å². The van der Waals surface area contributed by atoms with E-state index in [0.29, 0.717) is 13.1 Å². The number of rotatable bonds is 8. The Balaban J connectivity index is 1.29. The smallest absolute Gasteiger partial charge is 0.234 e. The Kier molecular flexibility index (Phi) is 9.37. The summed E-state index contributed by atoms with van der Waals surface area (Å²) in [7, 11) is 1.50. The molecule has 1 aromatic carbocycles. The Morgan fingerprint density at radius 2 is 1.86 bits per heavy atom. The van der Waals surface area contributed by atoms with Gasteiger partial charge in [0.2, 0.25) is 11.8 Å². The fourth-order valence-corrected chi connectivity index (χ4v) is 5.86. The van der Waals surface area contributed by atoms with E-state index in [1.165, 1.54) is 18.0 Å². The number of fused-ring (bicyclic) bond motifs is 1. The van der Waals surface area contributed by atoms with Gasteiger partial charge in [-0.05, 0) is 38.8 Å². The van der Waals surface area contributed by atoms with Gasteiger partial charge in [-0.2, -0.15) is 0 Å². The first kappa shape index (κ1) is 31.3. The highest BCUT2D eigenvalue weighted by Crippen LogP contribution is 2.39. The van der Waals surface area contributed by atoms with Crippen LogP contribution in [0.1, 0.15) is 39.7 Å². The number of hydrogen-bond donors (Lipinski definition) is 2. The molecule has 4 heterocycles. The van der Waals surface area contributed by atoms with Gasteiger partial charge in [0, 0.05) is 45.3 Å². The summed E-state index contributed by atoms with van der Waals surface area (Å²) >= 11 is 0. The van der Waals surface area contributed by atoms with Crippen LogP contribution in [0.3, 0.4) is 0 Å². The summed E-state index contributed by atoms with van der Waals surface area (Å²) in [5.74, 6) is -5.37. The summed E-state index contributed by atoms with van der Waals surface area (Å²) in [5, 5.41) is 14.4. The fraction of sp³-hybridized carbons (Fsp3) is 0.643. The molecule has 2 N–H and O–H groups in total. The molecule has 5 atom stereocenters. The molecular formula is C28H37F3N6O6. The van der Waals surface area contributed by atoms with Crippen LogP contribution >= 0.6 is 0 Å². The number of ether oxygens (including phenoxy) is 4. The van der Waals surface area contributed by atoms with Crippen molar-refractivity contribution in [3.05, 3.63) is 35.8 Å². The van der Waals surface area contributed by atoms with E-state index in [1.54, 1.807) is 25.7 Å². The molecule has 0 unspecified atom stereocenters. The number of methoxy groups -OCH3 is 1. The number of aromatic nitrogens is 3. The number of hydrogen-bond acceptors (Lipinski definition) is 9. The molecule has 2 aromatic rings. The minimum atomic E-state index is -1.57. The SMILES string of the molecule is CO[C@@H]1[C@@H](n2cc(-c3cc(F)c(F)c(F)c3)nn2)[C@H]2OC(C)(C)OC[C@H]2O[C@@H]1CNC(=O)CNC1CCN(C(C)=O)CC1. The Labute approximate surface area is 247 Å². The Hall–Kier alpha value is -3.11. The quantitative estimate of drug-likeness (QED) is 0.428. The molecule has 2 amide bonds. The standard InChI is InChI=1S/C28H37F3N6O6/c1-15(38)36-7-5-17(6-8-36)32-12-23(39)33-11-21-26(40-4)25(27-22(42-21)14-41-28(2,3)43-27)37-13-20(34-35-37)16-9-18(29)24(31)19(30)10-16/h9-10,13,17,21-22,25-27,32H,5-8,11-12,14H2,1-4H3,(H,33,39)/t21-,22-,25-,26+,27+/m1/s1. The third-order valence-corrected chi connectivity index (χ3v) is 8.13. The van der Waals surface area contributed by atoms with Gasteiger partial charge in [0.15, 0.2) is 23.2 Å². The van der Waals surface area contributed by atoms with Crippen molar-refractivity contribution in [2.75, 3.05) is 39.9 Å². The van der Waals surface area contributed by atoms with E-state index in [0.717, 1.165) is 25.0 Å². The van der Waals surface area contributed by atoms with Crippen molar-refractivity contribution in [1.29, 1.82) is 0 Å². The number of nitrogens with one attached hydrogen (secondary N) is 2. The van der Waals surface area contributed by atoms with Crippen LogP contribution in [0.5, 0.6) is 0 Å². The highest BCUT2D eigenvalue weighted by Gasteiger charge is 2.52. The van der Waals surface area contributed by atoms with Crippen LogP contribution in [0.25, 0.3) is 11.3 Å². The topological polar surface area (TPSA) is 129 Å². The summed E-state index contributed by atoms with van der Waals surface area (Å²) in [4.78, 5) is 26.1. The number of carbonyl (C=O) groups excluding carboxylic acids is 2. The number of piperidine rings is 1. The van der Waals surface area contributed by atoms with E-state index < -0.39 is 53.7 Å². The minimum absolute atomic E-state index is 0.0109. The van der Waals surface area contributed by atoms with Crippen LogP contribution in [-0.4, -0.2) is 108 Å². The third kappa shape index (κ3) is 7.01. The summed E-state index contributed by atoms with van der Waals surface area (Å²) in [5.41, 5.74) is 0.129. The van der Waals surface area contributed by atoms with Crippen molar-refractivity contribution in [3.63, 3.8) is 0 Å². The van der Waals surface area contributed by atoms with E-state index in [9.17, 15) is 22.8 Å². The van der Waals surface area contributed by atoms with Crippen molar-refractivity contribution >= 4 is 11.8 Å². The predicted octanol–water partition coefficient (Wildman–Crippen LogP) is 1.55. The normalized spacial score (nSPS) is 27.5. The predicted molar refractivity (Wildman–Crippen MR) is 145 cm³/mol. The van der Waals surface area contributed by atoms with E-state index in [4.69, 9.17) is 18.9 Å². The van der Waals surface area contributed by atoms with Gasteiger partial charge in [-0.15, -0.1) is 5.10 Å². The van der Waals surface area contributed by atoms with Crippen LogP contribution in [0.2, 0.25) is 0 Å². The number of nitrogens with zero attached hydrogens (tertiary/aromatic N) is 4. The van der Waals surface area contributed by atoms with Crippen LogP contribution in [0, 0.1) is 17.5 Å². The third-order valence-electron chi connectivity index (χ3n) is 8.13. The Morgan fingerprint density at radius 1 is 1.16 bits per heavy atom. The van der Waals surface area contributed by atoms with Crippen molar-refractivity contribution < 1.29 is 41.7 Å². The zero-order chi connectivity index (χ0) is 30.9. The first-order chi connectivity index (χ1) is 20.5. The lowest BCUT2D eigenvalue weighted by Gasteiger charge is -2.51. The fourth-order valence-electron chi connectivity index (χ4n) is 5.86. The minimum Gasteiger partial charge on any atom is -0.376 e. The molecule has 0 spiro atoms. The highest BCUT2D eigenvalue weighted by atomic mass is 19.2. The molecule has 5 rings (SSSR count). The van der Waals surface area contributed by atoms with Gasteiger partial charge in [-0.25, -0.2) is 17.9 Å². The lowest BCUT2D eigenvalue weighted by Crippen LogP contribution is -2.64. The molecule has 0 radical (unpaired) electrons. The molecule has 0 saturated carbocycles. The molecule has 3 aliphatic heterocycles. The monoisotopic (exact) mass is 610 g/mol. The zero-order valence-corrected chi connectivity index (χ0v) is 24.5. The van der Waals surface area contributed by atoms with Gasteiger partial charge < -0.3 is 34.5 Å². The van der Waals surface area contributed by atoms with Gasteiger partial charge in [-0.3, -0.25) is 9.59 Å². The second-order valence-corrected chi connectivity index (χ2v) is 11.5. The molecule has 15 heteroatoms. The number of benzene rings is 1. The lowest BCUT2D eigenvalue weighted by atomic mass is 9.91. The number of likely N-dealkylation sites (tertiary alicyclic amines) is 1. The molecular weight excluding hydrogens is 573 g/mol. The lowest BCUT2D eigenvalue weighted by molar-refractivity contribution is -0.349. The molecule has 0 aliphatic carbocycles. The Morgan fingerprint density at radius 3 is 2.51 bits per heavy atom. The van der Waals surface area contributed by atoms with Gasteiger partial charge in [0.25, 0.3) is 0 Å². The van der Waals surface area contributed by atoms with Crippen molar-refractivity contribution in [2.24, 2.45) is 0 Å². The van der Waals surface area contributed by atoms with Crippen LogP contribution in [-0.2, 0) is 28.5 Å². The van der Waals surface area contributed by atoms with Gasteiger partial charge >= 0.3 is 0 Å². The van der Waals surface area contributed by atoms with E-state index >= 15 is 0 Å². The van der Waals surface area contributed by atoms with Gasteiger partial charge in [-0.1, -0.05) is 5.21 Å². The van der Waals surface area contributed by atoms with Crippen molar-refractivity contribution in [1.82, 2.24) is 30.5 Å². The van der Waals surface area contributed by atoms with Crippen LogP contribution < -0.4 is 10.6 Å². The van der Waals surface area contributed by atoms with Crippen molar-refractivity contribution in [3.8, 4) is 11.3 Å². The zero-order valence-electron chi connectivity index (χ0n) is 24.5. The summed E-state index contributed by atoms with van der Waals surface area (Å²) in [6, 6.07) is 1.20. The molecule has 236 valence electrons. The molecule has 0 bridgehead atoms. The second-order valence-electron chi connectivity index (χ2n) is 11.5. The number of halogens is 3. The summed E-state index contributed by atoms with van der Waals surface area (Å²) in [6.07, 6.45) is 0.527. The van der Waals surface area contributed by atoms with E-state index in [-0.39, 0.29) is 48.8 Å². The summed E-state index contributed by atoms with van der Waals surface area (Å²) < 4.78 is 67.1. The molecule has 3 fully saturated rings. The second kappa shape index (κ2) is 12.9. The first-order valence-electron chi connectivity index (χ1n) is 14.3. The largest absolute Gasteiger partial charge is 0.376 e. The average molecular weight is 611 g/mol. The first-order valence-corrected chi connectivity index (χ1v) is 14.3. The molecule has 43 heavy (non-hydrogen) atoms. The maximum Gasteiger partial charge on any atom is 0.234 e. The molecule has 3 saturated heterocycles. The van der Waals surface area contributed by atoms with Gasteiger partial charge in [0.1, 0.15) is 36.2 Å². The highest BCUT2D eigenvalue weighted by molar-refractivity contribution is 5.78. The van der Waals surface area contributed by atoms with Crippen LogP contribution in [0.15, 0.2) is 18.3 Å². The van der Waals surface area contributed by atoms with Crippen molar-refractivity contribution in [2.45, 2.75) is 75.9 Å². The average Bonchev–Trinajstić information content (AvgIpc) is 3.46. The summed E-state index contributed by atoms with van der Waals surface area (Å²) in [6.45, 7) is 6.80. The number of carbonyl (C=O) groups is 2. The number of amides is 2. The Bertz CT molecular complexity index is 1300. The van der Waals surface area contributed by atoms with E-state index in [2.05, 4.69) is 20.9 Å². The van der Waals surface area contributed by atoms with E-state index in [1.807, 2.05) is 0 Å². The molecule has 12 nitrogen and oxygen atoms in total. The maximum absolute atomic E-state index is 13.9.